The average molecular weight is 271 g/mol. The van der Waals surface area contributed by atoms with Gasteiger partial charge in [-0.05, 0) is 13.3 Å². The van der Waals surface area contributed by atoms with Gasteiger partial charge in [-0.1, -0.05) is 6.92 Å². The lowest BCUT2D eigenvalue weighted by molar-refractivity contribution is 0.0981. The van der Waals surface area contributed by atoms with Crippen molar-refractivity contribution in [1.82, 2.24) is 4.98 Å². The molecular formula is C13H19F2N3O. The highest BCUT2D eigenvalue weighted by atomic mass is 19.1. The lowest BCUT2D eigenvalue weighted by Crippen LogP contribution is -2.44. The second-order valence-electron chi connectivity index (χ2n) is 4.67. The molecule has 0 saturated carbocycles. The largest absolute Gasteiger partial charge is 0.377 e. The maximum atomic E-state index is 13.9. The second kappa shape index (κ2) is 6.14. The van der Waals surface area contributed by atoms with Crippen LogP contribution in [0.15, 0.2) is 6.07 Å². The van der Waals surface area contributed by atoms with E-state index in [0.29, 0.717) is 26.3 Å². The van der Waals surface area contributed by atoms with E-state index in [4.69, 9.17) is 4.74 Å². The van der Waals surface area contributed by atoms with E-state index in [0.717, 1.165) is 12.5 Å². The van der Waals surface area contributed by atoms with Gasteiger partial charge in [-0.15, -0.1) is 0 Å². The van der Waals surface area contributed by atoms with Gasteiger partial charge in [0.05, 0.1) is 19.3 Å². The van der Waals surface area contributed by atoms with Crippen molar-refractivity contribution in [2.24, 2.45) is 0 Å². The Morgan fingerprint density at radius 1 is 1.47 bits per heavy atom. The second-order valence-corrected chi connectivity index (χ2v) is 4.67. The Kier molecular flexibility index (Phi) is 4.52. The lowest BCUT2D eigenvalue weighted by Gasteiger charge is -2.34. The molecule has 19 heavy (non-hydrogen) atoms. The first-order valence-electron chi connectivity index (χ1n) is 6.57. The molecule has 0 aromatic carbocycles. The van der Waals surface area contributed by atoms with E-state index in [2.05, 4.69) is 10.3 Å². The number of nitrogens with zero attached hydrogens (tertiary/aromatic N) is 2. The summed E-state index contributed by atoms with van der Waals surface area (Å²) in [7, 11) is 0. The minimum Gasteiger partial charge on any atom is -0.377 e. The molecule has 1 aliphatic rings. The third kappa shape index (κ3) is 3.12. The predicted octanol–water partition coefficient (Wildman–Crippen LogP) is 2.41. The summed E-state index contributed by atoms with van der Waals surface area (Å²) in [6, 6.07) is 0.919. The molecule has 0 amide bonds. The van der Waals surface area contributed by atoms with Crippen LogP contribution in [0.5, 0.6) is 0 Å². The van der Waals surface area contributed by atoms with Gasteiger partial charge in [-0.25, -0.2) is 13.8 Å². The van der Waals surface area contributed by atoms with E-state index in [1.54, 1.807) is 0 Å². The summed E-state index contributed by atoms with van der Waals surface area (Å²) in [6.07, 6.45) is 0.849. The molecule has 0 spiro atoms. The number of halogens is 2. The van der Waals surface area contributed by atoms with Gasteiger partial charge in [-0.2, -0.15) is 0 Å². The fraction of sp³-hybridized carbons (Fsp3) is 0.615. The highest BCUT2D eigenvalue weighted by Gasteiger charge is 2.24. The molecule has 1 saturated heterocycles. The van der Waals surface area contributed by atoms with Crippen molar-refractivity contribution < 1.29 is 13.5 Å². The maximum Gasteiger partial charge on any atom is 0.168 e. The van der Waals surface area contributed by atoms with E-state index in [1.165, 1.54) is 0 Å². The van der Waals surface area contributed by atoms with Gasteiger partial charge in [-0.3, -0.25) is 0 Å². The Hall–Kier alpha value is -1.43. The average Bonchev–Trinajstić information content (AvgIpc) is 2.39. The van der Waals surface area contributed by atoms with Crippen molar-refractivity contribution in [3.63, 3.8) is 0 Å². The van der Waals surface area contributed by atoms with Gasteiger partial charge in [0.15, 0.2) is 23.3 Å². The summed E-state index contributed by atoms with van der Waals surface area (Å²) in [5, 5.41) is 2.87. The number of anilines is 2. The molecule has 6 heteroatoms. The van der Waals surface area contributed by atoms with E-state index < -0.39 is 11.6 Å². The van der Waals surface area contributed by atoms with Crippen molar-refractivity contribution >= 4 is 11.6 Å². The van der Waals surface area contributed by atoms with E-state index in [-0.39, 0.29) is 17.7 Å². The zero-order valence-electron chi connectivity index (χ0n) is 11.2. The first-order chi connectivity index (χ1) is 9.13. The van der Waals surface area contributed by atoms with E-state index in [1.807, 2.05) is 18.7 Å². The van der Waals surface area contributed by atoms with Crippen LogP contribution in [0.1, 0.15) is 20.3 Å². The van der Waals surface area contributed by atoms with Crippen molar-refractivity contribution in [2.45, 2.75) is 26.3 Å². The first-order valence-corrected chi connectivity index (χ1v) is 6.57. The molecule has 1 atom stereocenters. The summed E-state index contributed by atoms with van der Waals surface area (Å²) in [5.74, 6) is -0.989. The molecule has 1 aromatic rings. The molecule has 4 nitrogen and oxygen atoms in total. The number of rotatable bonds is 4. The van der Waals surface area contributed by atoms with Crippen LogP contribution in [0.3, 0.4) is 0 Å². The Bertz CT molecular complexity index is 442. The van der Waals surface area contributed by atoms with Gasteiger partial charge in [0, 0.05) is 19.2 Å². The monoisotopic (exact) mass is 271 g/mol. The molecule has 1 fully saturated rings. The highest BCUT2D eigenvalue weighted by molar-refractivity contribution is 5.50. The van der Waals surface area contributed by atoms with Crippen LogP contribution >= 0.6 is 0 Å². The molecule has 106 valence electrons. The Morgan fingerprint density at radius 2 is 2.26 bits per heavy atom. The molecule has 0 aliphatic carbocycles. The van der Waals surface area contributed by atoms with E-state index >= 15 is 0 Å². The number of nitrogens with one attached hydrogen (secondary N) is 1. The van der Waals surface area contributed by atoms with Gasteiger partial charge in [0.25, 0.3) is 0 Å². The summed E-state index contributed by atoms with van der Waals surface area (Å²) < 4.78 is 32.8. The number of ether oxygens (including phenoxy) is 1. The SMILES string of the molecule is CCCNc1nc(N2CCOCC2C)c(F)cc1F. The summed E-state index contributed by atoms with van der Waals surface area (Å²) in [6.45, 7) is 6.12. The van der Waals surface area contributed by atoms with Gasteiger partial charge >= 0.3 is 0 Å². The number of aromatic nitrogens is 1. The van der Waals surface area contributed by atoms with Gasteiger partial charge in [0.1, 0.15) is 0 Å². The van der Waals surface area contributed by atoms with Crippen LogP contribution in [-0.2, 0) is 4.74 Å². The Morgan fingerprint density at radius 3 is 2.95 bits per heavy atom. The zero-order chi connectivity index (χ0) is 13.8. The molecular weight excluding hydrogens is 252 g/mol. The van der Waals surface area contributed by atoms with Gasteiger partial charge in [0.2, 0.25) is 0 Å². The zero-order valence-corrected chi connectivity index (χ0v) is 11.2. The molecule has 2 rings (SSSR count). The van der Waals surface area contributed by atoms with Crippen molar-refractivity contribution in [1.29, 1.82) is 0 Å². The molecule has 2 heterocycles. The molecule has 1 aliphatic heterocycles. The quantitative estimate of drug-likeness (QED) is 0.912. The van der Waals surface area contributed by atoms with Crippen LogP contribution in [0.4, 0.5) is 20.4 Å². The molecule has 1 unspecified atom stereocenters. The molecule has 0 radical (unpaired) electrons. The standard InChI is InChI=1S/C13H19F2N3O/c1-3-4-16-12-10(14)7-11(15)13(17-12)18-5-6-19-8-9(18)2/h7,9H,3-6,8H2,1-2H3,(H,16,17). The smallest absolute Gasteiger partial charge is 0.168 e. The number of hydrogen-bond acceptors (Lipinski definition) is 4. The Balaban J connectivity index is 2.28. The third-order valence-corrected chi connectivity index (χ3v) is 3.09. The minimum atomic E-state index is -0.657. The number of morpholine rings is 1. The normalized spacial score (nSPS) is 19.6. The Labute approximate surface area is 111 Å². The summed E-state index contributed by atoms with van der Waals surface area (Å²) >= 11 is 0. The first kappa shape index (κ1) is 14.0. The molecule has 1 aromatic heterocycles. The van der Waals surface area contributed by atoms with Crippen LogP contribution < -0.4 is 10.2 Å². The van der Waals surface area contributed by atoms with Crippen molar-refractivity contribution in [2.75, 3.05) is 36.5 Å². The van der Waals surface area contributed by atoms with Gasteiger partial charge < -0.3 is 15.0 Å². The van der Waals surface area contributed by atoms with Crippen LogP contribution in [0, 0.1) is 11.6 Å². The minimum absolute atomic E-state index is 0.0280. The number of pyridine rings is 1. The fourth-order valence-electron chi connectivity index (χ4n) is 2.07. The number of hydrogen-bond donors (Lipinski definition) is 1. The topological polar surface area (TPSA) is 37.4 Å². The van der Waals surface area contributed by atoms with Crippen molar-refractivity contribution in [3.8, 4) is 0 Å². The van der Waals surface area contributed by atoms with Crippen LogP contribution in [0.2, 0.25) is 0 Å². The summed E-state index contributed by atoms with van der Waals surface area (Å²) in [4.78, 5) is 5.91. The maximum absolute atomic E-state index is 13.9. The third-order valence-electron chi connectivity index (χ3n) is 3.09. The van der Waals surface area contributed by atoms with Crippen LogP contribution in [-0.4, -0.2) is 37.3 Å². The molecule has 0 bridgehead atoms. The van der Waals surface area contributed by atoms with Crippen molar-refractivity contribution in [3.05, 3.63) is 17.7 Å². The highest BCUT2D eigenvalue weighted by Crippen LogP contribution is 2.25. The lowest BCUT2D eigenvalue weighted by atomic mass is 10.2. The van der Waals surface area contributed by atoms with Crippen LogP contribution in [0.25, 0.3) is 0 Å². The summed E-state index contributed by atoms with van der Waals surface area (Å²) in [5.41, 5.74) is 0. The predicted molar refractivity (Wildman–Crippen MR) is 70.6 cm³/mol. The fourth-order valence-corrected chi connectivity index (χ4v) is 2.07. The van der Waals surface area contributed by atoms with E-state index in [9.17, 15) is 8.78 Å². The molecule has 1 N–H and O–H groups in total.